The number of halogens is 3. The third-order valence-corrected chi connectivity index (χ3v) is 11.1. The maximum absolute atomic E-state index is 14.4. The van der Waals surface area contributed by atoms with Crippen LogP contribution in [0.15, 0.2) is 42.0 Å². The first-order valence-corrected chi connectivity index (χ1v) is 14.5. The number of hydrogen-bond donors (Lipinski definition) is 0. The number of benzene rings is 1. The van der Waals surface area contributed by atoms with E-state index in [0.29, 0.717) is 18.4 Å². The van der Waals surface area contributed by atoms with Crippen LogP contribution in [0.1, 0.15) is 52.0 Å². The molecule has 208 valence electrons. The molecule has 10 heteroatoms. The average molecular weight is 555 g/mol. The quantitative estimate of drug-likeness (QED) is 0.140. The second kappa shape index (κ2) is 8.91. The molecule has 0 aromatic heterocycles. The number of ether oxygens (including phenoxy) is 1. The molecule has 0 spiro atoms. The molecule has 5 rings (SSSR count). The van der Waals surface area contributed by atoms with Gasteiger partial charge in [0.15, 0.2) is 0 Å². The molecule has 0 N–H and O–H groups in total. The second-order valence-electron chi connectivity index (χ2n) is 11.9. The molecule has 3 saturated carbocycles. The Bertz CT molecular complexity index is 1260. The largest absolute Gasteiger partial charge is 0.523 e. The van der Waals surface area contributed by atoms with Crippen molar-refractivity contribution >= 4 is 22.4 Å². The van der Waals surface area contributed by atoms with Gasteiger partial charge in [-0.15, -0.1) is 0 Å². The summed E-state index contributed by atoms with van der Waals surface area (Å²) in [7, 11) is -5.92. The maximum Gasteiger partial charge on any atom is 0.523 e. The Morgan fingerprint density at radius 1 is 1.16 bits per heavy atom. The van der Waals surface area contributed by atoms with Crippen molar-refractivity contribution in [1.82, 2.24) is 0 Å². The van der Waals surface area contributed by atoms with Crippen LogP contribution in [0, 0.1) is 45.8 Å². The van der Waals surface area contributed by atoms with Crippen molar-refractivity contribution < 1.29 is 40.1 Å². The van der Waals surface area contributed by atoms with Gasteiger partial charge >= 0.3 is 21.6 Å². The summed E-state index contributed by atoms with van der Waals surface area (Å²) in [6, 6.07) is 8.99. The number of allylic oxidation sites excluding steroid dienone is 1. The molecule has 3 fully saturated rings. The Hall–Kier alpha value is -2.20. The van der Waals surface area contributed by atoms with E-state index in [9.17, 15) is 31.2 Å². The van der Waals surface area contributed by atoms with Gasteiger partial charge in [-0.05, 0) is 54.4 Å². The van der Waals surface area contributed by atoms with Gasteiger partial charge in [-0.25, -0.2) is 0 Å². The molecule has 4 bridgehead atoms. The van der Waals surface area contributed by atoms with E-state index >= 15 is 0 Å². The molecule has 0 amide bonds. The summed E-state index contributed by atoms with van der Waals surface area (Å²) in [5.74, 6) is -1.42. The highest BCUT2D eigenvalue weighted by molar-refractivity contribution is 7.87. The van der Waals surface area contributed by atoms with Crippen LogP contribution in [0.2, 0.25) is 0 Å². The summed E-state index contributed by atoms with van der Waals surface area (Å²) in [6.07, 6.45) is 4.83. The SMILES string of the molecule is CC(C)C1=C[C@@H]2C[C@]3(C=O)[C@@H]4CC[C@@H](C)[C@H]4C[C@@]2(COS(=O)(=O)C(F)(F)F)[C@]13C(=O)OCc1ccccc1. The van der Waals surface area contributed by atoms with E-state index in [1.165, 1.54) is 0 Å². The number of alkyl halides is 3. The van der Waals surface area contributed by atoms with Crippen molar-refractivity contribution in [2.24, 2.45) is 45.8 Å². The van der Waals surface area contributed by atoms with Gasteiger partial charge < -0.3 is 9.53 Å². The lowest BCUT2D eigenvalue weighted by molar-refractivity contribution is -0.190. The standard InChI is InChI=1S/C28H33F3O6S/c1-17(2)23-11-20-12-25(15-32)22-10-9-18(3)21(22)13-26(20,16-37-38(34,35)28(29,30)31)27(23,25)24(33)36-14-19-7-5-4-6-8-19/h4-8,11,15,17-18,20-22H,9-10,12-14,16H2,1-3H3/t18-,20-,21-,22-,25+,26+,27+/m1/s1. The lowest BCUT2D eigenvalue weighted by atomic mass is 9.43. The van der Waals surface area contributed by atoms with Gasteiger partial charge in [-0.1, -0.05) is 69.2 Å². The zero-order valence-corrected chi connectivity index (χ0v) is 22.5. The van der Waals surface area contributed by atoms with Crippen LogP contribution in [-0.4, -0.2) is 32.8 Å². The first-order chi connectivity index (χ1) is 17.8. The highest BCUT2D eigenvalue weighted by Gasteiger charge is 2.84. The summed E-state index contributed by atoms with van der Waals surface area (Å²) in [5, 5.41) is 0. The molecule has 0 aliphatic heterocycles. The lowest BCUT2D eigenvalue weighted by Crippen LogP contribution is -2.64. The number of fused-ring (bicyclic) bond motifs is 2. The Balaban J connectivity index is 1.67. The summed E-state index contributed by atoms with van der Waals surface area (Å²) >= 11 is 0. The zero-order chi connectivity index (χ0) is 27.7. The molecule has 7 atom stereocenters. The fourth-order valence-electron chi connectivity index (χ4n) is 8.69. The minimum absolute atomic E-state index is 0.0441. The van der Waals surface area contributed by atoms with Crippen LogP contribution < -0.4 is 0 Å². The first-order valence-electron chi connectivity index (χ1n) is 13.1. The predicted octanol–water partition coefficient (Wildman–Crippen LogP) is 5.44. The van der Waals surface area contributed by atoms with Crippen LogP contribution in [0.25, 0.3) is 0 Å². The smallest absolute Gasteiger partial charge is 0.460 e. The number of carbonyl (C=O) groups is 2. The highest BCUT2D eigenvalue weighted by atomic mass is 32.2. The van der Waals surface area contributed by atoms with Gasteiger partial charge in [0.1, 0.15) is 18.3 Å². The van der Waals surface area contributed by atoms with Gasteiger partial charge in [0, 0.05) is 5.41 Å². The van der Waals surface area contributed by atoms with E-state index in [2.05, 4.69) is 0 Å². The topological polar surface area (TPSA) is 86.7 Å². The molecule has 1 aromatic rings. The molecule has 4 aliphatic rings. The summed E-state index contributed by atoms with van der Waals surface area (Å²) in [6.45, 7) is 4.90. The monoisotopic (exact) mass is 554 g/mol. The number of rotatable bonds is 8. The van der Waals surface area contributed by atoms with Crippen molar-refractivity contribution in [2.75, 3.05) is 6.61 Å². The lowest BCUT2D eigenvalue weighted by Gasteiger charge is -2.58. The maximum atomic E-state index is 14.4. The van der Waals surface area contributed by atoms with E-state index < -0.39 is 50.4 Å². The van der Waals surface area contributed by atoms with Crippen LogP contribution in [0.4, 0.5) is 13.2 Å². The Morgan fingerprint density at radius 2 is 1.84 bits per heavy atom. The Kier molecular flexibility index (Phi) is 6.42. The fourth-order valence-corrected chi connectivity index (χ4v) is 9.19. The number of aldehydes is 1. The van der Waals surface area contributed by atoms with E-state index in [1.54, 1.807) is 24.3 Å². The second-order valence-corrected chi connectivity index (χ2v) is 13.5. The third kappa shape index (κ3) is 3.44. The van der Waals surface area contributed by atoms with Gasteiger partial charge in [-0.2, -0.15) is 21.6 Å². The summed E-state index contributed by atoms with van der Waals surface area (Å²) < 4.78 is 74.9. The molecule has 4 aliphatic carbocycles. The molecule has 6 nitrogen and oxygen atoms in total. The van der Waals surface area contributed by atoms with Crippen LogP contribution >= 0.6 is 0 Å². The van der Waals surface area contributed by atoms with E-state index in [-0.39, 0.29) is 36.7 Å². The number of carbonyl (C=O) groups excluding carboxylic acids is 2. The summed E-state index contributed by atoms with van der Waals surface area (Å²) in [4.78, 5) is 27.7. The van der Waals surface area contributed by atoms with E-state index in [0.717, 1.165) is 18.3 Å². The molecule has 1 aromatic carbocycles. The number of hydrogen-bond acceptors (Lipinski definition) is 6. The normalized spacial score (nSPS) is 37.7. The minimum atomic E-state index is -5.92. The van der Waals surface area contributed by atoms with Gasteiger partial charge in [-0.3, -0.25) is 8.98 Å². The molecule has 0 radical (unpaired) electrons. The van der Waals surface area contributed by atoms with Crippen molar-refractivity contribution in [2.45, 2.75) is 58.6 Å². The zero-order valence-electron chi connectivity index (χ0n) is 21.7. The third-order valence-electron chi connectivity index (χ3n) is 10.1. The molecule has 0 saturated heterocycles. The molecular formula is C28H33F3O6S. The van der Waals surface area contributed by atoms with Crippen LogP contribution in [0.3, 0.4) is 0 Å². The predicted molar refractivity (Wildman–Crippen MR) is 132 cm³/mol. The molecule has 38 heavy (non-hydrogen) atoms. The molecular weight excluding hydrogens is 521 g/mol. The Labute approximate surface area is 221 Å². The Morgan fingerprint density at radius 3 is 2.45 bits per heavy atom. The van der Waals surface area contributed by atoms with Crippen molar-refractivity contribution in [3.05, 3.63) is 47.5 Å². The minimum Gasteiger partial charge on any atom is -0.460 e. The average Bonchev–Trinajstić information content (AvgIpc) is 3.43. The van der Waals surface area contributed by atoms with Gasteiger partial charge in [0.2, 0.25) is 0 Å². The highest BCUT2D eigenvalue weighted by Crippen LogP contribution is 2.83. The van der Waals surface area contributed by atoms with Gasteiger partial charge in [0.25, 0.3) is 0 Å². The van der Waals surface area contributed by atoms with E-state index in [1.807, 2.05) is 32.9 Å². The van der Waals surface area contributed by atoms with Crippen molar-refractivity contribution in [3.63, 3.8) is 0 Å². The van der Waals surface area contributed by atoms with E-state index in [4.69, 9.17) is 8.92 Å². The van der Waals surface area contributed by atoms with Crippen LogP contribution in [0.5, 0.6) is 0 Å². The molecule has 0 heterocycles. The van der Waals surface area contributed by atoms with Crippen LogP contribution in [-0.2, 0) is 35.2 Å². The fraction of sp³-hybridized carbons (Fsp3) is 0.643. The van der Waals surface area contributed by atoms with Crippen molar-refractivity contribution in [1.29, 1.82) is 0 Å². The van der Waals surface area contributed by atoms with Gasteiger partial charge in [0.05, 0.1) is 12.0 Å². The molecule has 0 unspecified atom stereocenters. The first kappa shape index (κ1) is 27.4. The van der Waals surface area contributed by atoms with Crippen molar-refractivity contribution in [3.8, 4) is 0 Å². The summed E-state index contributed by atoms with van der Waals surface area (Å²) in [5.41, 5.74) is -8.40. The number of esters is 1.